The second kappa shape index (κ2) is 7.27. The highest BCUT2D eigenvalue weighted by Gasteiger charge is 2.26. The number of carbonyl (C=O) groups is 1. The van der Waals surface area contributed by atoms with Crippen LogP contribution in [0.25, 0.3) is 5.69 Å². The molecule has 2 amide bonds. The van der Waals surface area contributed by atoms with E-state index in [4.69, 9.17) is 4.74 Å². The number of carbonyl (C=O) groups excluding carboxylic acids is 1. The summed E-state index contributed by atoms with van der Waals surface area (Å²) in [4.78, 5) is 14.3. The summed E-state index contributed by atoms with van der Waals surface area (Å²) in [6.07, 6.45) is 0.137. The van der Waals surface area contributed by atoms with Gasteiger partial charge in [-0.2, -0.15) is 5.10 Å². The van der Waals surface area contributed by atoms with Gasteiger partial charge in [0.15, 0.2) is 0 Å². The van der Waals surface area contributed by atoms with Crippen LogP contribution in [0.15, 0.2) is 30.3 Å². The summed E-state index contributed by atoms with van der Waals surface area (Å²) < 4.78 is 7.61. The monoisotopic (exact) mass is 342 g/mol. The maximum absolute atomic E-state index is 12.5. The maximum Gasteiger partial charge on any atom is 0.317 e. The van der Waals surface area contributed by atoms with Gasteiger partial charge in [-0.1, -0.05) is 18.2 Å². The van der Waals surface area contributed by atoms with E-state index in [1.807, 2.05) is 67.6 Å². The molecule has 134 valence electrons. The van der Waals surface area contributed by atoms with Gasteiger partial charge in [0.05, 0.1) is 23.6 Å². The lowest BCUT2D eigenvalue weighted by atomic mass is 10.2. The van der Waals surface area contributed by atoms with Gasteiger partial charge in [-0.3, -0.25) is 0 Å². The van der Waals surface area contributed by atoms with Gasteiger partial charge in [0.25, 0.3) is 0 Å². The molecule has 0 radical (unpaired) electrons. The van der Waals surface area contributed by atoms with Crippen LogP contribution < -0.4 is 5.32 Å². The fourth-order valence-electron chi connectivity index (χ4n) is 3.37. The number of rotatable bonds is 3. The second-order valence-corrected chi connectivity index (χ2v) is 6.72. The second-order valence-electron chi connectivity index (χ2n) is 6.72. The molecular weight excluding hydrogens is 316 g/mol. The Morgan fingerprint density at radius 3 is 2.48 bits per heavy atom. The normalized spacial score (nSPS) is 20.6. The van der Waals surface area contributed by atoms with Crippen molar-refractivity contribution in [1.29, 1.82) is 0 Å². The smallest absolute Gasteiger partial charge is 0.317 e. The van der Waals surface area contributed by atoms with Gasteiger partial charge in [0.1, 0.15) is 0 Å². The molecule has 3 rings (SSSR count). The molecule has 0 unspecified atom stereocenters. The zero-order valence-electron chi connectivity index (χ0n) is 15.3. The molecule has 0 saturated carbocycles. The molecule has 2 aromatic rings. The van der Waals surface area contributed by atoms with Gasteiger partial charge in [0, 0.05) is 30.9 Å². The van der Waals surface area contributed by atoms with Crippen LogP contribution in [0.2, 0.25) is 0 Å². The number of nitrogens with zero attached hydrogens (tertiary/aromatic N) is 3. The molecule has 1 fully saturated rings. The largest absolute Gasteiger partial charge is 0.372 e. The Kier molecular flexibility index (Phi) is 5.08. The van der Waals surface area contributed by atoms with Crippen LogP contribution in [0.1, 0.15) is 30.8 Å². The zero-order valence-corrected chi connectivity index (χ0v) is 15.3. The van der Waals surface area contributed by atoms with Gasteiger partial charge in [-0.05, 0) is 39.8 Å². The highest BCUT2D eigenvalue weighted by atomic mass is 16.5. The van der Waals surface area contributed by atoms with E-state index < -0.39 is 0 Å². The summed E-state index contributed by atoms with van der Waals surface area (Å²) in [7, 11) is 0. The zero-order chi connectivity index (χ0) is 18.0. The topological polar surface area (TPSA) is 59.4 Å². The number of urea groups is 1. The first-order valence-corrected chi connectivity index (χ1v) is 8.74. The third kappa shape index (κ3) is 3.85. The van der Waals surface area contributed by atoms with E-state index in [-0.39, 0.29) is 18.2 Å². The van der Waals surface area contributed by atoms with Crippen molar-refractivity contribution in [3.05, 3.63) is 47.3 Å². The van der Waals surface area contributed by atoms with Gasteiger partial charge in [-0.15, -0.1) is 0 Å². The highest BCUT2D eigenvalue weighted by molar-refractivity contribution is 5.74. The molecule has 0 aliphatic carbocycles. The lowest BCUT2D eigenvalue weighted by molar-refractivity contribution is -0.0545. The van der Waals surface area contributed by atoms with Crippen molar-refractivity contribution in [2.75, 3.05) is 13.1 Å². The van der Waals surface area contributed by atoms with Crippen LogP contribution in [-0.2, 0) is 11.3 Å². The molecule has 6 nitrogen and oxygen atoms in total. The van der Waals surface area contributed by atoms with E-state index in [2.05, 4.69) is 10.4 Å². The number of aromatic nitrogens is 2. The van der Waals surface area contributed by atoms with E-state index in [1.54, 1.807) is 0 Å². The van der Waals surface area contributed by atoms with Crippen LogP contribution in [0.4, 0.5) is 4.79 Å². The SMILES string of the molecule is Cc1nn(-c2ccccc2)c(C)c1CNC(=O)N1C[C@@H](C)O[C@H](C)C1. The lowest BCUT2D eigenvalue weighted by Gasteiger charge is -2.35. The van der Waals surface area contributed by atoms with Crippen LogP contribution >= 0.6 is 0 Å². The molecule has 1 N–H and O–H groups in total. The number of hydrogen-bond acceptors (Lipinski definition) is 3. The Bertz CT molecular complexity index is 731. The maximum atomic E-state index is 12.5. The number of nitrogens with one attached hydrogen (secondary N) is 1. The van der Waals surface area contributed by atoms with Gasteiger partial charge < -0.3 is 15.0 Å². The highest BCUT2D eigenvalue weighted by Crippen LogP contribution is 2.18. The molecule has 0 spiro atoms. The predicted octanol–water partition coefficient (Wildman–Crippen LogP) is 2.81. The van der Waals surface area contributed by atoms with Crippen molar-refractivity contribution in [3.63, 3.8) is 0 Å². The number of benzene rings is 1. The van der Waals surface area contributed by atoms with Crippen LogP contribution in [0.5, 0.6) is 0 Å². The first-order chi connectivity index (χ1) is 12.0. The summed E-state index contributed by atoms with van der Waals surface area (Å²) in [5.74, 6) is 0. The Morgan fingerprint density at radius 2 is 1.84 bits per heavy atom. The predicted molar refractivity (Wildman–Crippen MR) is 96.9 cm³/mol. The molecule has 1 aliphatic rings. The standard InChI is InChI=1S/C19H26N4O2/c1-13-11-22(12-14(2)25-13)19(24)20-10-18-15(3)21-23(16(18)4)17-8-6-5-7-9-17/h5-9,13-14H,10-12H2,1-4H3,(H,20,24)/t13-,14-/m1/s1. The molecule has 1 aliphatic heterocycles. The van der Waals surface area contributed by atoms with E-state index in [0.717, 1.165) is 22.6 Å². The number of amides is 2. The summed E-state index contributed by atoms with van der Waals surface area (Å²) in [6, 6.07) is 9.98. The fraction of sp³-hybridized carbons (Fsp3) is 0.474. The average molecular weight is 342 g/mol. The summed E-state index contributed by atoms with van der Waals surface area (Å²) in [5.41, 5.74) is 4.07. The fourth-order valence-corrected chi connectivity index (χ4v) is 3.37. The minimum absolute atomic E-state index is 0.0479. The minimum atomic E-state index is -0.0479. The molecule has 1 aromatic heterocycles. The van der Waals surface area contributed by atoms with Crippen molar-refractivity contribution in [3.8, 4) is 5.69 Å². The number of aryl methyl sites for hydroxylation is 1. The van der Waals surface area contributed by atoms with Crippen LogP contribution in [0, 0.1) is 13.8 Å². The van der Waals surface area contributed by atoms with Gasteiger partial charge >= 0.3 is 6.03 Å². The summed E-state index contributed by atoms with van der Waals surface area (Å²) in [6.45, 7) is 9.72. The number of hydrogen-bond donors (Lipinski definition) is 1. The van der Waals surface area contributed by atoms with E-state index in [1.165, 1.54) is 0 Å². The summed E-state index contributed by atoms with van der Waals surface area (Å²) >= 11 is 0. The third-order valence-electron chi connectivity index (χ3n) is 4.57. The Balaban J connectivity index is 1.69. The Morgan fingerprint density at radius 1 is 1.20 bits per heavy atom. The van der Waals surface area contributed by atoms with Crippen molar-refractivity contribution >= 4 is 6.03 Å². The molecule has 1 saturated heterocycles. The molecular formula is C19H26N4O2. The molecule has 6 heteroatoms. The van der Waals surface area contributed by atoms with Crippen molar-refractivity contribution in [1.82, 2.24) is 20.0 Å². The van der Waals surface area contributed by atoms with Crippen LogP contribution in [-0.4, -0.2) is 46.0 Å². The van der Waals surface area contributed by atoms with E-state index >= 15 is 0 Å². The Labute approximate surface area is 148 Å². The molecule has 0 bridgehead atoms. The number of morpholine rings is 1. The van der Waals surface area contributed by atoms with Crippen molar-refractivity contribution in [2.24, 2.45) is 0 Å². The molecule has 25 heavy (non-hydrogen) atoms. The van der Waals surface area contributed by atoms with Crippen molar-refractivity contribution in [2.45, 2.75) is 46.4 Å². The molecule has 2 atom stereocenters. The molecule has 1 aromatic carbocycles. The summed E-state index contributed by atoms with van der Waals surface area (Å²) in [5, 5.41) is 7.66. The third-order valence-corrected chi connectivity index (χ3v) is 4.57. The quantitative estimate of drug-likeness (QED) is 0.933. The van der Waals surface area contributed by atoms with Crippen LogP contribution in [0.3, 0.4) is 0 Å². The first-order valence-electron chi connectivity index (χ1n) is 8.74. The van der Waals surface area contributed by atoms with E-state index in [9.17, 15) is 4.79 Å². The lowest BCUT2D eigenvalue weighted by Crippen LogP contribution is -2.51. The first kappa shape index (κ1) is 17.5. The van der Waals surface area contributed by atoms with Crippen molar-refractivity contribution < 1.29 is 9.53 Å². The van der Waals surface area contributed by atoms with Gasteiger partial charge in [-0.25, -0.2) is 9.48 Å². The minimum Gasteiger partial charge on any atom is -0.372 e. The van der Waals surface area contributed by atoms with E-state index in [0.29, 0.717) is 19.6 Å². The number of ether oxygens (including phenoxy) is 1. The molecule has 2 heterocycles. The van der Waals surface area contributed by atoms with Gasteiger partial charge in [0.2, 0.25) is 0 Å². The average Bonchev–Trinajstić information content (AvgIpc) is 2.87. The Hall–Kier alpha value is -2.34. The number of para-hydroxylation sites is 1.